The van der Waals surface area contributed by atoms with E-state index in [2.05, 4.69) is 7.85 Å². The van der Waals surface area contributed by atoms with E-state index in [9.17, 15) is 0 Å². The smallest absolute Gasteiger partial charge is 0.101 e. The fourth-order valence-electron chi connectivity index (χ4n) is 0.306. The Kier molecular flexibility index (Phi) is 4.53. The predicted molar refractivity (Wildman–Crippen MR) is 31.4 cm³/mol. The molecular formula is C4H10BN. The molecule has 1 nitrogen and oxygen atoms in total. The van der Waals surface area contributed by atoms with Gasteiger partial charge in [0.25, 0.3) is 0 Å². The van der Waals surface area contributed by atoms with Crippen molar-refractivity contribution < 1.29 is 0 Å². The maximum Gasteiger partial charge on any atom is 0.101 e. The Morgan fingerprint density at radius 2 is 2.33 bits per heavy atom. The van der Waals surface area contributed by atoms with Crippen LogP contribution in [0.15, 0.2) is 0 Å². The molecule has 0 aliphatic heterocycles. The Morgan fingerprint density at radius 1 is 1.67 bits per heavy atom. The molecule has 0 rings (SSSR count). The minimum absolute atomic E-state index is 0.955. The highest BCUT2D eigenvalue weighted by Gasteiger charge is 1.73. The molecular weight excluding hydrogens is 72.9 g/mol. The quantitative estimate of drug-likeness (QED) is 0.291. The fourth-order valence-corrected chi connectivity index (χ4v) is 0.306. The summed E-state index contributed by atoms with van der Waals surface area (Å²) < 4.78 is 0. The summed E-state index contributed by atoms with van der Waals surface area (Å²) in [6.07, 6.45) is 4.79. The molecule has 0 unspecified atom stereocenters. The third-order valence-corrected chi connectivity index (χ3v) is 0.702. The van der Waals surface area contributed by atoms with Crippen LogP contribution in [0.1, 0.15) is 12.8 Å². The van der Waals surface area contributed by atoms with Crippen LogP contribution in [0.5, 0.6) is 0 Å². The first kappa shape index (κ1) is 5.73. The lowest BCUT2D eigenvalue weighted by Crippen LogP contribution is -1.71. The lowest BCUT2D eigenvalue weighted by molar-refractivity contribution is 1.000. The zero-order chi connectivity index (χ0) is 4.83. The van der Waals surface area contributed by atoms with E-state index in [1.54, 1.807) is 0 Å². The molecule has 0 fully saturated rings. The van der Waals surface area contributed by atoms with Gasteiger partial charge in [-0.25, -0.2) is 0 Å². The van der Waals surface area contributed by atoms with Gasteiger partial charge in [-0.1, -0.05) is 12.7 Å². The van der Waals surface area contributed by atoms with Crippen LogP contribution in [0, 0.1) is 5.41 Å². The second-order valence-corrected chi connectivity index (χ2v) is 1.35. The van der Waals surface area contributed by atoms with Crippen molar-refractivity contribution in [1.29, 1.82) is 5.41 Å². The highest BCUT2D eigenvalue weighted by Crippen LogP contribution is 1.85. The topological polar surface area (TPSA) is 23.9 Å². The first-order valence-electron chi connectivity index (χ1n) is 2.40. The van der Waals surface area contributed by atoms with Crippen LogP contribution in [0.4, 0.5) is 0 Å². The van der Waals surface area contributed by atoms with Crippen LogP contribution in [0.3, 0.4) is 0 Å². The Balaban J connectivity index is 2.49. The SMILES string of the molecule is BCCCC=N. The van der Waals surface area contributed by atoms with Gasteiger partial charge in [0.2, 0.25) is 0 Å². The van der Waals surface area contributed by atoms with Gasteiger partial charge >= 0.3 is 0 Å². The third kappa shape index (κ3) is 3.73. The number of hydrogen-bond acceptors (Lipinski definition) is 1. The molecule has 0 aliphatic carbocycles. The largest absolute Gasteiger partial charge is 0.313 e. The van der Waals surface area contributed by atoms with Gasteiger partial charge in [0.15, 0.2) is 0 Å². The van der Waals surface area contributed by atoms with Crippen LogP contribution >= 0.6 is 0 Å². The predicted octanol–water partition coefficient (Wildman–Crippen LogP) is 0.468. The van der Waals surface area contributed by atoms with E-state index in [1.807, 2.05) is 0 Å². The summed E-state index contributed by atoms with van der Waals surface area (Å²) in [6, 6.07) is 0. The van der Waals surface area contributed by atoms with E-state index in [0.29, 0.717) is 0 Å². The highest BCUT2D eigenvalue weighted by atomic mass is 14.3. The molecule has 0 saturated carbocycles. The maximum absolute atomic E-state index is 6.58. The molecule has 0 aromatic carbocycles. The highest BCUT2D eigenvalue weighted by molar-refractivity contribution is 6.08. The summed E-state index contributed by atoms with van der Waals surface area (Å²) in [4.78, 5) is 0. The van der Waals surface area contributed by atoms with Gasteiger partial charge in [-0.05, 0) is 12.6 Å². The van der Waals surface area contributed by atoms with Crippen molar-refractivity contribution in [3.63, 3.8) is 0 Å². The first-order chi connectivity index (χ1) is 2.91. The lowest BCUT2D eigenvalue weighted by atomic mass is 10.0. The van der Waals surface area contributed by atoms with Gasteiger partial charge < -0.3 is 5.41 Å². The zero-order valence-electron chi connectivity index (χ0n) is 4.20. The molecule has 2 heteroatoms. The standard InChI is InChI=1S/C4H10BN/c5-3-1-2-4-6/h4,6H,1-3,5H2. The Morgan fingerprint density at radius 3 is 2.50 bits per heavy atom. The normalized spacial score (nSPS) is 8.00. The van der Waals surface area contributed by atoms with Crippen molar-refractivity contribution in [2.75, 3.05) is 0 Å². The molecule has 0 bridgehead atoms. The first-order valence-corrected chi connectivity index (χ1v) is 2.40. The van der Waals surface area contributed by atoms with Gasteiger partial charge in [-0.2, -0.15) is 0 Å². The number of rotatable bonds is 3. The van der Waals surface area contributed by atoms with Crippen LogP contribution in [0.25, 0.3) is 0 Å². The molecule has 34 valence electrons. The fraction of sp³-hybridized carbons (Fsp3) is 0.750. The molecule has 0 saturated heterocycles. The second-order valence-electron chi connectivity index (χ2n) is 1.35. The van der Waals surface area contributed by atoms with E-state index in [1.165, 1.54) is 19.0 Å². The zero-order valence-corrected chi connectivity index (χ0v) is 4.20. The van der Waals surface area contributed by atoms with E-state index in [4.69, 9.17) is 5.41 Å². The molecule has 0 atom stereocenters. The summed E-state index contributed by atoms with van der Waals surface area (Å²) in [6.45, 7) is 0. The van der Waals surface area contributed by atoms with E-state index in [-0.39, 0.29) is 0 Å². The molecule has 0 amide bonds. The van der Waals surface area contributed by atoms with Crippen LogP contribution in [-0.2, 0) is 0 Å². The van der Waals surface area contributed by atoms with Crippen LogP contribution in [-0.4, -0.2) is 14.1 Å². The molecule has 0 aliphatic rings. The van der Waals surface area contributed by atoms with Crippen molar-refractivity contribution >= 4 is 14.1 Å². The van der Waals surface area contributed by atoms with Gasteiger partial charge in [0.1, 0.15) is 7.85 Å². The van der Waals surface area contributed by atoms with Crippen LogP contribution in [0.2, 0.25) is 6.32 Å². The lowest BCUT2D eigenvalue weighted by Gasteiger charge is -1.80. The average Bonchev–Trinajstić information content (AvgIpc) is 1.61. The maximum atomic E-state index is 6.58. The third-order valence-electron chi connectivity index (χ3n) is 0.702. The molecule has 0 spiro atoms. The van der Waals surface area contributed by atoms with Crippen molar-refractivity contribution in [1.82, 2.24) is 0 Å². The number of nitrogens with one attached hydrogen (secondary N) is 1. The summed E-state index contributed by atoms with van der Waals surface area (Å²) in [5.74, 6) is 0. The minimum atomic E-state index is 0.955. The molecule has 6 heavy (non-hydrogen) atoms. The molecule has 0 aromatic rings. The minimum Gasteiger partial charge on any atom is -0.313 e. The monoisotopic (exact) mass is 83.1 g/mol. The second kappa shape index (κ2) is 4.73. The van der Waals surface area contributed by atoms with E-state index >= 15 is 0 Å². The van der Waals surface area contributed by atoms with E-state index < -0.39 is 0 Å². The molecule has 0 heterocycles. The number of unbranched alkanes of at least 4 members (excludes halogenated alkanes) is 1. The van der Waals surface area contributed by atoms with Gasteiger partial charge in [0, 0.05) is 0 Å². The van der Waals surface area contributed by atoms with Gasteiger partial charge in [-0.15, -0.1) is 0 Å². The summed E-state index contributed by atoms with van der Waals surface area (Å²) in [5.41, 5.74) is 0. The van der Waals surface area contributed by atoms with Crippen molar-refractivity contribution in [3.8, 4) is 0 Å². The van der Waals surface area contributed by atoms with Crippen molar-refractivity contribution in [2.24, 2.45) is 0 Å². The molecule has 0 aromatic heterocycles. The van der Waals surface area contributed by atoms with Crippen LogP contribution < -0.4 is 0 Å². The van der Waals surface area contributed by atoms with Gasteiger partial charge in [-0.3, -0.25) is 0 Å². The average molecular weight is 82.9 g/mol. The molecule has 1 N–H and O–H groups in total. The molecule has 0 radical (unpaired) electrons. The summed E-state index contributed by atoms with van der Waals surface area (Å²) >= 11 is 0. The Hall–Kier alpha value is -0.265. The number of hydrogen-bond donors (Lipinski definition) is 1. The van der Waals surface area contributed by atoms with E-state index in [0.717, 1.165) is 6.42 Å². The summed E-state index contributed by atoms with van der Waals surface area (Å²) in [5, 5.41) is 6.58. The Bertz CT molecular complexity index is 36.5. The van der Waals surface area contributed by atoms with Gasteiger partial charge in [0.05, 0.1) is 0 Å². The van der Waals surface area contributed by atoms with Crippen molar-refractivity contribution in [3.05, 3.63) is 0 Å². The summed E-state index contributed by atoms with van der Waals surface area (Å²) in [7, 11) is 2.13. The Labute approximate surface area is 39.7 Å². The van der Waals surface area contributed by atoms with Crippen molar-refractivity contribution in [2.45, 2.75) is 19.2 Å².